The lowest BCUT2D eigenvalue weighted by Gasteiger charge is -2.26. The van der Waals surface area contributed by atoms with Crippen LogP contribution in [0.15, 0.2) is 27.2 Å². The van der Waals surface area contributed by atoms with Crippen LogP contribution in [0.2, 0.25) is 0 Å². The van der Waals surface area contributed by atoms with Gasteiger partial charge in [-0.05, 0) is 18.2 Å². The van der Waals surface area contributed by atoms with Crippen LogP contribution in [0.1, 0.15) is 5.69 Å². The highest BCUT2D eigenvalue weighted by molar-refractivity contribution is 9.10. The maximum absolute atomic E-state index is 5.33. The number of halogens is 1. The SMILES string of the molecule is Brc1ccc2onc(CN3CCNCC3)c2c1. The zero-order chi connectivity index (χ0) is 11.7. The van der Waals surface area contributed by atoms with E-state index in [2.05, 4.69) is 37.4 Å². The van der Waals surface area contributed by atoms with Gasteiger partial charge in [-0.3, -0.25) is 4.90 Å². The standard InChI is InChI=1S/C12H14BrN3O/c13-9-1-2-12-10(7-9)11(15-17-12)8-16-5-3-14-4-6-16/h1-2,7,14H,3-6,8H2. The summed E-state index contributed by atoms with van der Waals surface area (Å²) in [5.74, 6) is 0. The smallest absolute Gasteiger partial charge is 0.167 e. The summed E-state index contributed by atoms with van der Waals surface area (Å²) >= 11 is 3.48. The Bertz CT molecular complexity index is 519. The average molecular weight is 296 g/mol. The molecular weight excluding hydrogens is 282 g/mol. The lowest BCUT2D eigenvalue weighted by molar-refractivity contribution is 0.227. The van der Waals surface area contributed by atoms with Gasteiger partial charge in [0.2, 0.25) is 0 Å². The maximum Gasteiger partial charge on any atom is 0.167 e. The molecule has 3 rings (SSSR count). The third-order valence-corrected chi connectivity index (χ3v) is 3.58. The number of rotatable bonds is 2. The number of hydrogen-bond donors (Lipinski definition) is 1. The second-order valence-corrected chi connectivity index (χ2v) is 5.21. The van der Waals surface area contributed by atoms with Crippen LogP contribution in [0.3, 0.4) is 0 Å². The number of piperazine rings is 1. The van der Waals surface area contributed by atoms with Crippen LogP contribution < -0.4 is 5.32 Å². The number of hydrogen-bond acceptors (Lipinski definition) is 4. The summed E-state index contributed by atoms with van der Waals surface area (Å²) in [5, 5.41) is 8.63. The molecule has 2 aromatic rings. The van der Waals surface area contributed by atoms with E-state index in [9.17, 15) is 0 Å². The molecule has 0 amide bonds. The van der Waals surface area contributed by atoms with Crippen LogP contribution in [0.25, 0.3) is 11.0 Å². The summed E-state index contributed by atoms with van der Waals surface area (Å²) in [6.07, 6.45) is 0. The summed E-state index contributed by atoms with van der Waals surface area (Å²) in [4.78, 5) is 2.40. The fraction of sp³-hybridized carbons (Fsp3) is 0.417. The van der Waals surface area contributed by atoms with E-state index in [1.54, 1.807) is 0 Å². The van der Waals surface area contributed by atoms with Gasteiger partial charge in [-0.15, -0.1) is 0 Å². The first-order valence-electron chi connectivity index (χ1n) is 5.80. The Morgan fingerprint density at radius 3 is 3.00 bits per heavy atom. The molecule has 1 aliphatic rings. The third-order valence-electron chi connectivity index (χ3n) is 3.09. The molecule has 1 N–H and O–H groups in total. The highest BCUT2D eigenvalue weighted by Gasteiger charge is 2.14. The molecular formula is C12H14BrN3O. The van der Waals surface area contributed by atoms with E-state index in [0.29, 0.717) is 0 Å². The normalized spacial score (nSPS) is 17.7. The molecule has 1 saturated heterocycles. The minimum atomic E-state index is 0.860. The minimum absolute atomic E-state index is 0.860. The van der Waals surface area contributed by atoms with Crippen LogP contribution >= 0.6 is 15.9 Å². The molecule has 17 heavy (non-hydrogen) atoms. The Balaban J connectivity index is 1.86. The lowest BCUT2D eigenvalue weighted by atomic mass is 10.2. The second kappa shape index (κ2) is 4.76. The van der Waals surface area contributed by atoms with Crippen molar-refractivity contribution in [2.24, 2.45) is 0 Å². The molecule has 1 aliphatic heterocycles. The first-order chi connectivity index (χ1) is 8.33. The Morgan fingerprint density at radius 1 is 1.35 bits per heavy atom. The van der Waals surface area contributed by atoms with E-state index < -0.39 is 0 Å². The maximum atomic E-state index is 5.33. The number of aromatic nitrogens is 1. The van der Waals surface area contributed by atoms with E-state index in [-0.39, 0.29) is 0 Å². The molecule has 2 heterocycles. The van der Waals surface area contributed by atoms with Gasteiger partial charge in [0, 0.05) is 42.6 Å². The van der Waals surface area contributed by atoms with Gasteiger partial charge in [0.1, 0.15) is 5.69 Å². The van der Waals surface area contributed by atoms with Crippen LogP contribution in [0, 0.1) is 0 Å². The average Bonchev–Trinajstić information content (AvgIpc) is 2.73. The summed E-state index contributed by atoms with van der Waals surface area (Å²) in [6.45, 7) is 5.12. The molecule has 0 aliphatic carbocycles. The van der Waals surface area contributed by atoms with Gasteiger partial charge >= 0.3 is 0 Å². The first-order valence-corrected chi connectivity index (χ1v) is 6.59. The molecule has 0 bridgehead atoms. The monoisotopic (exact) mass is 295 g/mol. The zero-order valence-electron chi connectivity index (χ0n) is 9.45. The quantitative estimate of drug-likeness (QED) is 0.920. The molecule has 1 fully saturated rings. The summed E-state index contributed by atoms with van der Waals surface area (Å²) in [7, 11) is 0. The molecule has 90 valence electrons. The van der Waals surface area contributed by atoms with Crippen molar-refractivity contribution in [2.75, 3.05) is 26.2 Å². The minimum Gasteiger partial charge on any atom is -0.356 e. The van der Waals surface area contributed by atoms with E-state index in [0.717, 1.165) is 53.9 Å². The van der Waals surface area contributed by atoms with E-state index in [4.69, 9.17) is 4.52 Å². The van der Waals surface area contributed by atoms with Crippen molar-refractivity contribution < 1.29 is 4.52 Å². The van der Waals surface area contributed by atoms with Gasteiger partial charge in [0.05, 0.1) is 0 Å². The third kappa shape index (κ3) is 2.36. The molecule has 5 heteroatoms. The lowest BCUT2D eigenvalue weighted by Crippen LogP contribution is -2.42. The Kier molecular flexibility index (Phi) is 3.13. The van der Waals surface area contributed by atoms with Gasteiger partial charge in [0.25, 0.3) is 0 Å². The number of nitrogens with zero attached hydrogens (tertiary/aromatic N) is 2. The molecule has 0 saturated carbocycles. The van der Waals surface area contributed by atoms with Crippen molar-refractivity contribution in [1.82, 2.24) is 15.4 Å². The zero-order valence-corrected chi connectivity index (χ0v) is 11.0. The summed E-state index contributed by atoms with van der Waals surface area (Å²) < 4.78 is 6.40. The van der Waals surface area contributed by atoms with Gasteiger partial charge in [0.15, 0.2) is 5.58 Å². The van der Waals surface area contributed by atoms with Crippen molar-refractivity contribution in [1.29, 1.82) is 0 Å². The van der Waals surface area contributed by atoms with Gasteiger partial charge < -0.3 is 9.84 Å². The number of nitrogens with one attached hydrogen (secondary N) is 1. The van der Waals surface area contributed by atoms with Crippen molar-refractivity contribution >= 4 is 26.9 Å². The van der Waals surface area contributed by atoms with Crippen molar-refractivity contribution in [2.45, 2.75) is 6.54 Å². The molecule has 0 unspecified atom stereocenters. The van der Waals surface area contributed by atoms with Crippen molar-refractivity contribution in [3.8, 4) is 0 Å². The van der Waals surface area contributed by atoms with E-state index in [1.165, 1.54) is 0 Å². The molecule has 0 spiro atoms. The second-order valence-electron chi connectivity index (χ2n) is 4.30. The number of benzene rings is 1. The summed E-state index contributed by atoms with van der Waals surface area (Å²) in [5.41, 5.74) is 1.89. The van der Waals surface area contributed by atoms with Gasteiger partial charge in [-0.2, -0.15) is 0 Å². The van der Waals surface area contributed by atoms with Gasteiger partial charge in [-0.1, -0.05) is 21.1 Å². The highest BCUT2D eigenvalue weighted by atomic mass is 79.9. The molecule has 0 atom stereocenters. The largest absolute Gasteiger partial charge is 0.356 e. The molecule has 1 aromatic heterocycles. The fourth-order valence-electron chi connectivity index (χ4n) is 2.16. The van der Waals surface area contributed by atoms with Crippen LogP contribution in [0.4, 0.5) is 0 Å². The van der Waals surface area contributed by atoms with Crippen LogP contribution in [-0.2, 0) is 6.54 Å². The topological polar surface area (TPSA) is 41.3 Å². The fourth-order valence-corrected chi connectivity index (χ4v) is 2.52. The van der Waals surface area contributed by atoms with Crippen LogP contribution in [-0.4, -0.2) is 36.2 Å². The summed E-state index contributed by atoms with van der Waals surface area (Å²) in [6, 6.07) is 6.00. The molecule has 1 aromatic carbocycles. The number of fused-ring (bicyclic) bond motifs is 1. The van der Waals surface area contributed by atoms with E-state index in [1.807, 2.05) is 12.1 Å². The highest BCUT2D eigenvalue weighted by Crippen LogP contribution is 2.23. The Hall–Kier alpha value is -0.910. The predicted octanol–water partition coefficient (Wildman–Crippen LogP) is 2.00. The van der Waals surface area contributed by atoms with Gasteiger partial charge in [-0.25, -0.2) is 0 Å². The van der Waals surface area contributed by atoms with Crippen LogP contribution in [0.5, 0.6) is 0 Å². The van der Waals surface area contributed by atoms with Crippen molar-refractivity contribution in [3.05, 3.63) is 28.4 Å². The van der Waals surface area contributed by atoms with Crippen molar-refractivity contribution in [3.63, 3.8) is 0 Å². The first kappa shape index (κ1) is 11.2. The Labute approximate surface area is 108 Å². The molecule has 0 radical (unpaired) electrons. The Morgan fingerprint density at radius 2 is 2.18 bits per heavy atom. The van der Waals surface area contributed by atoms with E-state index >= 15 is 0 Å². The predicted molar refractivity (Wildman–Crippen MR) is 69.9 cm³/mol. The molecule has 4 nitrogen and oxygen atoms in total.